The lowest BCUT2D eigenvalue weighted by Gasteiger charge is -2.27. The summed E-state index contributed by atoms with van der Waals surface area (Å²) < 4.78 is 0. The molecule has 0 heterocycles. The van der Waals surface area contributed by atoms with E-state index in [1.165, 1.54) is 16.3 Å². The van der Waals surface area contributed by atoms with E-state index in [4.69, 9.17) is 0 Å². The quantitative estimate of drug-likeness (QED) is 0.205. The second-order valence-electron chi connectivity index (χ2n) is 10.7. The van der Waals surface area contributed by atoms with Crippen LogP contribution in [0, 0.1) is 22.7 Å². The summed E-state index contributed by atoms with van der Waals surface area (Å²) in [5, 5.41) is 26.9. The van der Waals surface area contributed by atoms with Crippen molar-refractivity contribution < 1.29 is 0 Å². The van der Waals surface area contributed by atoms with Crippen molar-refractivity contribution in [1.29, 1.82) is 10.5 Å². The first-order chi connectivity index (χ1) is 19.4. The van der Waals surface area contributed by atoms with Crippen LogP contribution in [-0.4, -0.2) is 8.07 Å². The van der Waals surface area contributed by atoms with E-state index in [2.05, 4.69) is 97.0 Å². The Kier molecular flexibility index (Phi) is 7.51. The number of anilines is 4. The van der Waals surface area contributed by atoms with Gasteiger partial charge in [-0.05, 0) is 77.0 Å². The van der Waals surface area contributed by atoms with E-state index in [0.29, 0.717) is 11.1 Å². The lowest BCUT2D eigenvalue weighted by Crippen LogP contribution is -2.40. The van der Waals surface area contributed by atoms with Crippen molar-refractivity contribution in [2.24, 2.45) is 0 Å². The molecule has 0 radical (unpaired) electrons. The smallest absolute Gasteiger partial charge is 0.0991 e. The fourth-order valence-corrected chi connectivity index (χ4v) is 7.08. The van der Waals surface area contributed by atoms with Gasteiger partial charge in [0.1, 0.15) is 0 Å². The zero-order valence-corrected chi connectivity index (χ0v) is 23.9. The average Bonchev–Trinajstić information content (AvgIpc) is 2.98. The molecule has 2 N–H and O–H groups in total. The van der Waals surface area contributed by atoms with Crippen LogP contribution in [0.2, 0.25) is 19.6 Å². The van der Waals surface area contributed by atoms with Crippen LogP contribution in [0.4, 0.5) is 22.7 Å². The summed E-state index contributed by atoms with van der Waals surface area (Å²) in [5.74, 6) is 0. The molecule has 0 bridgehead atoms. The summed E-state index contributed by atoms with van der Waals surface area (Å²) >= 11 is 0. The first-order valence-corrected chi connectivity index (χ1v) is 16.7. The second-order valence-corrected chi connectivity index (χ2v) is 15.7. The Balaban J connectivity index is 1.62. The van der Waals surface area contributed by atoms with Gasteiger partial charge < -0.3 is 10.6 Å². The maximum absolute atomic E-state index is 9.18. The number of hydrogen-bond donors (Lipinski definition) is 2. The van der Waals surface area contributed by atoms with E-state index in [9.17, 15) is 10.5 Å². The highest BCUT2D eigenvalue weighted by molar-refractivity contribution is 6.90. The number of nitriles is 2. The number of benzene rings is 5. The Morgan fingerprint density at radius 2 is 0.850 bits per heavy atom. The topological polar surface area (TPSA) is 71.6 Å². The van der Waals surface area contributed by atoms with E-state index in [1.807, 2.05) is 60.7 Å². The number of para-hydroxylation sites is 2. The van der Waals surface area contributed by atoms with Crippen LogP contribution in [0.5, 0.6) is 0 Å². The molecular formula is C35H30N4Si. The van der Waals surface area contributed by atoms with Crippen LogP contribution < -0.4 is 15.8 Å². The highest BCUT2D eigenvalue weighted by atomic mass is 28.3. The first kappa shape index (κ1) is 26.5. The summed E-state index contributed by atoms with van der Waals surface area (Å²) in [4.78, 5) is 0. The van der Waals surface area contributed by atoms with Crippen LogP contribution in [0.3, 0.4) is 0 Å². The lowest BCUT2D eigenvalue weighted by atomic mass is 9.96. The molecule has 5 aromatic rings. The normalized spacial score (nSPS) is 10.8. The van der Waals surface area contributed by atoms with Crippen molar-refractivity contribution in [2.45, 2.75) is 19.6 Å². The molecule has 0 spiro atoms. The third-order valence-electron chi connectivity index (χ3n) is 6.83. The van der Waals surface area contributed by atoms with Crippen LogP contribution in [0.1, 0.15) is 11.1 Å². The lowest BCUT2D eigenvalue weighted by molar-refractivity contribution is 1.47. The van der Waals surface area contributed by atoms with Gasteiger partial charge in [0.05, 0.1) is 31.3 Å². The molecule has 0 aliphatic heterocycles. The number of rotatable bonds is 7. The number of hydrogen-bond acceptors (Lipinski definition) is 4. The molecule has 0 fully saturated rings. The van der Waals surface area contributed by atoms with Crippen LogP contribution in [0.15, 0.2) is 115 Å². The van der Waals surface area contributed by atoms with Crippen molar-refractivity contribution in [3.8, 4) is 34.4 Å². The molecule has 5 rings (SSSR count). The zero-order chi connectivity index (χ0) is 28.1. The van der Waals surface area contributed by atoms with Gasteiger partial charge in [-0.25, -0.2) is 0 Å². The Morgan fingerprint density at radius 3 is 1.23 bits per heavy atom. The fourth-order valence-electron chi connectivity index (χ4n) is 5.03. The van der Waals surface area contributed by atoms with E-state index in [1.54, 1.807) is 0 Å². The van der Waals surface area contributed by atoms with E-state index in [0.717, 1.165) is 33.9 Å². The second kappa shape index (κ2) is 11.3. The molecule has 4 nitrogen and oxygen atoms in total. The highest BCUT2D eigenvalue weighted by Crippen LogP contribution is 2.36. The maximum Gasteiger partial charge on any atom is 0.0991 e. The molecule has 0 aromatic heterocycles. The summed E-state index contributed by atoms with van der Waals surface area (Å²) in [6.45, 7) is 7.17. The van der Waals surface area contributed by atoms with E-state index in [-0.39, 0.29) is 0 Å². The van der Waals surface area contributed by atoms with Gasteiger partial charge in [-0.3, -0.25) is 0 Å². The molecule has 194 valence electrons. The monoisotopic (exact) mass is 534 g/mol. The minimum absolute atomic E-state index is 0.640. The van der Waals surface area contributed by atoms with E-state index < -0.39 is 8.07 Å². The maximum atomic E-state index is 9.18. The molecule has 0 aliphatic rings. The third-order valence-corrected chi connectivity index (χ3v) is 8.87. The van der Waals surface area contributed by atoms with Gasteiger partial charge >= 0.3 is 0 Å². The number of nitrogens with zero attached hydrogens (tertiary/aromatic N) is 2. The molecule has 0 saturated carbocycles. The minimum Gasteiger partial charge on any atom is -0.355 e. The Hall–Kier alpha value is -5.10. The molecule has 5 aromatic carbocycles. The summed E-state index contributed by atoms with van der Waals surface area (Å²) in [7, 11) is -1.87. The summed E-state index contributed by atoms with van der Waals surface area (Å²) in [5.41, 5.74) is 9.93. The van der Waals surface area contributed by atoms with Crippen LogP contribution >= 0.6 is 0 Å². The molecule has 0 atom stereocenters. The molecule has 0 saturated heterocycles. The Labute approximate surface area is 237 Å². The SMILES string of the molecule is C[Si](C)(C)c1c(-c2ccccc2Nc2ccc(C#N)cc2)cccc1-c1ccccc1Nc1ccc(C#N)cc1. The highest BCUT2D eigenvalue weighted by Gasteiger charge is 2.26. The van der Waals surface area contributed by atoms with Crippen LogP contribution in [-0.2, 0) is 0 Å². The van der Waals surface area contributed by atoms with Crippen molar-refractivity contribution in [3.63, 3.8) is 0 Å². The molecular weight excluding hydrogens is 504 g/mol. The van der Waals surface area contributed by atoms with Gasteiger partial charge in [0.15, 0.2) is 0 Å². The van der Waals surface area contributed by atoms with E-state index >= 15 is 0 Å². The van der Waals surface area contributed by atoms with Gasteiger partial charge in [-0.15, -0.1) is 0 Å². The summed E-state index contributed by atoms with van der Waals surface area (Å²) in [6, 6.07) is 42.9. The minimum atomic E-state index is -1.87. The number of nitrogens with one attached hydrogen (secondary N) is 2. The predicted molar refractivity (Wildman–Crippen MR) is 169 cm³/mol. The predicted octanol–water partition coefficient (Wildman–Crippen LogP) is 8.80. The van der Waals surface area contributed by atoms with Gasteiger partial charge in [0, 0.05) is 33.9 Å². The van der Waals surface area contributed by atoms with Crippen molar-refractivity contribution in [3.05, 3.63) is 126 Å². The van der Waals surface area contributed by atoms with Crippen molar-refractivity contribution in [2.75, 3.05) is 10.6 Å². The van der Waals surface area contributed by atoms with Gasteiger partial charge in [0.25, 0.3) is 0 Å². The van der Waals surface area contributed by atoms with Gasteiger partial charge in [-0.1, -0.05) is 74.2 Å². The summed E-state index contributed by atoms with van der Waals surface area (Å²) in [6.07, 6.45) is 0. The fraction of sp³-hybridized carbons (Fsp3) is 0.0857. The first-order valence-electron chi connectivity index (χ1n) is 13.2. The zero-order valence-electron chi connectivity index (χ0n) is 22.9. The van der Waals surface area contributed by atoms with Gasteiger partial charge in [0.2, 0.25) is 0 Å². The van der Waals surface area contributed by atoms with Gasteiger partial charge in [-0.2, -0.15) is 10.5 Å². The van der Waals surface area contributed by atoms with Crippen LogP contribution in [0.25, 0.3) is 22.3 Å². The average molecular weight is 535 g/mol. The molecule has 0 aliphatic carbocycles. The third kappa shape index (κ3) is 5.66. The molecule has 5 heteroatoms. The Bertz CT molecular complexity index is 1610. The standard InChI is InChI=1S/C35H30N4Si/c1-40(2,3)35-31(29-9-4-6-13-33(29)38-27-19-15-25(23-36)16-20-27)11-8-12-32(35)30-10-5-7-14-34(30)39-28-21-17-26(24-37)18-22-28/h4-22,38-39H,1-3H3. The molecule has 0 unspecified atom stereocenters. The molecule has 40 heavy (non-hydrogen) atoms. The molecule has 0 amide bonds. The Morgan fingerprint density at radius 1 is 0.475 bits per heavy atom. The van der Waals surface area contributed by atoms with Crippen molar-refractivity contribution in [1.82, 2.24) is 0 Å². The van der Waals surface area contributed by atoms with Crippen molar-refractivity contribution >= 4 is 36.0 Å². The largest absolute Gasteiger partial charge is 0.355 e.